The molecule has 0 saturated heterocycles. The van der Waals surface area contributed by atoms with Gasteiger partial charge in [-0.2, -0.15) is 0 Å². The van der Waals surface area contributed by atoms with Crippen molar-refractivity contribution in [1.82, 2.24) is 69.8 Å². The van der Waals surface area contributed by atoms with Crippen LogP contribution in [0, 0.1) is 55.4 Å². The molecular weight excluding hydrogens is 1280 g/mol. The summed E-state index contributed by atoms with van der Waals surface area (Å²) in [5, 5.41) is 0. The van der Waals surface area contributed by atoms with Gasteiger partial charge in [-0.3, -0.25) is 69.8 Å². The molecule has 14 heterocycles. The maximum atomic E-state index is 4.42. The van der Waals surface area contributed by atoms with Crippen LogP contribution in [0.4, 0.5) is 0 Å². The quantitative estimate of drug-likeness (QED) is 0.140. The van der Waals surface area contributed by atoms with Gasteiger partial charge in [0.1, 0.15) is 0 Å². The second kappa shape index (κ2) is 41.2. The van der Waals surface area contributed by atoms with Crippen LogP contribution >= 0.6 is 0 Å². The van der Waals surface area contributed by atoms with Crippen LogP contribution in [0.3, 0.4) is 0 Å². The summed E-state index contributed by atoms with van der Waals surface area (Å²) in [5.74, 6) is 0. The third-order valence-electron chi connectivity index (χ3n) is 15.1. The number of nitrogens with zero attached hydrogens (tertiary/aromatic N) is 14. The zero-order valence-electron chi connectivity index (χ0n) is 59.7. The Kier molecular flexibility index (Phi) is 29.6. The molecule has 0 fully saturated rings. The molecule has 104 heavy (non-hydrogen) atoms. The van der Waals surface area contributed by atoms with E-state index < -0.39 is 0 Å². The zero-order valence-corrected chi connectivity index (χ0v) is 59.7. The van der Waals surface area contributed by atoms with Gasteiger partial charge in [-0.05, 0) is 253 Å². The lowest BCUT2D eigenvalue weighted by atomic mass is 10.1. The van der Waals surface area contributed by atoms with Gasteiger partial charge in [0.05, 0.1) is 51.2 Å². The maximum Gasteiger partial charge on any atom is 0.0889 e. The minimum absolute atomic E-state index is 0.922. The second-order valence-corrected chi connectivity index (χ2v) is 23.7. The van der Waals surface area contributed by atoms with Crippen molar-refractivity contribution in [1.29, 1.82) is 0 Å². The van der Waals surface area contributed by atoms with Crippen molar-refractivity contribution < 1.29 is 0 Å². The van der Waals surface area contributed by atoms with Crippen molar-refractivity contribution in [3.05, 3.63) is 399 Å². The van der Waals surface area contributed by atoms with E-state index in [-0.39, 0.29) is 0 Å². The van der Waals surface area contributed by atoms with Gasteiger partial charge in [0.15, 0.2) is 0 Å². The molecule has 14 aromatic heterocycles. The van der Waals surface area contributed by atoms with E-state index in [4.69, 9.17) is 0 Å². The number of benzene rings is 2. The fraction of sp³-hybridized carbons (Fsp3) is 0.0889. The molecule has 14 heteroatoms. The summed E-state index contributed by atoms with van der Waals surface area (Å²) in [6, 6.07) is 84.1. The first kappa shape index (κ1) is 74.8. The number of aromatic nitrogens is 14. The molecule has 16 rings (SSSR count). The molecule has 0 amide bonds. The van der Waals surface area contributed by atoms with Gasteiger partial charge >= 0.3 is 0 Å². The Bertz CT molecular complexity index is 4130. The molecule has 0 N–H and O–H groups in total. The Hall–Kier alpha value is -13.5. The second-order valence-electron chi connectivity index (χ2n) is 23.7. The van der Waals surface area contributed by atoms with Crippen molar-refractivity contribution in [2.24, 2.45) is 0 Å². The van der Waals surface area contributed by atoms with E-state index in [9.17, 15) is 0 Å². The first-order valence-corrected chi connectivity index (χ1v) is 33.9. The van der Waals surface area contributed by atoms with E-state index >= 15 is 0 Å². The highest BCUT2D eigenvalue weighted by Crippen LogP contribution is 2.22. The van der Waals surface area contributed by atoms with Crippen molar-refractivity contribution in [2.45, 2.75) is 55.4 Å². The van der Waals surface area contributed by atoms with E-state index in [0.29, 0.717) is 0 Å². The van der Waals surface area contributed by atoms with Gasteiger partial charge in [-0.15, -0.1) is 0 Å². The summed E-state index contributed by atoms with van der Waals surface area (Å²) in [6.07, 6.45) is 28.9. The van der Waals surface area contributed by atoms with Gasteiger partial charge < -0.3 is 0 Å². The van der Waals surface area contributed by atoms with Gasteiger partial charge in [0, 0.05) is 150 Å². The van der Waals surface area contributed by atoms with E-state index in [1.165, 1.54) is 44.5 Å². The molecule has 0 aliphatic heterocycles. The van der Waals surface area contributed by atoms with Crippen LogP contribution in [0.25, 0.3) is 90.2 Å². The zero-order chi connectivity index (χ0) is 72.8. The highest BCUT2D eigenvalue weighted by atomic mass is 14.8. The summed E-state index contributed by atoms with van der Waals surface area (Å²) in [5.41, 5.74) is 25.8. The SMILES string of the molecule is Cc1cccc(-c2ccccn2)n1.Cc1cccc(-c2cccnc2)n1.Cc1cccc(-c2ccncc2)n1.Cc1ccnc(-c2ccccc2)c1.Cc1ccnc(-c2ccccn2)c1.Cc1ccnc(-c2cccnc2)c1.Cc1ccnc(-c2ccncc2)c1.Cc1cncc(-c2ccccc2)c1. The fourth-order valence-corrected chi connectivity index (χ4v) is 9.91. The van der Waals surface area contributed by atoms with Gasteiger partial charge in [0.25, 0.3) is 0 Å². The molecule has 16 aromatic rings. The normalized spacial score (nSPS) is 9.92. The number of pyridine rings is 14. The predicted molar refractivity (Wildman–Crippen MR) is 422 cm³/mol. The van der Waals surface area contributed by atoms with Crippen molar-refractivity contribution in [3.63, 3.8) is 0 Å². The lowest BCUT2D eigenvalue weighted by Crippen LogP contribution is -1.87. The Morgan fingerprint density at radius 2 is 0.500 bits per heavy atom. The third-order valence-corrected chi connectivity index (χ3v) is 15.1. The number of hydrogen-bond donors (Lipinski definition) is 0. The summed E-state index contributed by atoms with van der Waals surface area (Å²) in [7, 11) is 0. The summed E-state index contributed by atoms with van der Waals surface area (Å²) < 4.78 is 0. The molecule has 14 nitrogen and oxygen atoms in total. The Labute approximate surface area is 610 Å². The molecule has 0 spiro atoms. The van der Waals surface area contributed by atoms with Crippen LogP contribution in [-0.2, 0) is 0 Å². The Morgan fingerprint density at radius 1 is 0.163 bits per heavy atom. The Morgan fingerprint density at radius 3 is 0.923 bits per heavy atom. The first-order chi connectivity index (χ1) is 50.9. The molecule has 0 bridgehead atoms. The summed E-state index contributed by atoms with van der Waals surface area (Å²) in [4.78, 5) is 59.0. The third kappa shape index (κ3) is 25.7. The van der Waals surface area contributed by atoms with Crippen molar-refractivity contribution in [2.75, 3.05) is 0 Å². The smallest absolute Gasteiger partial charge is 0.0889 e. The van der Waals surface area contributed by atoms with E-state index in [0.717, 1.165) is 90.6 Å². The molecular formula is C90H82N14. The van der Waals surface area contributed by atoms with Crippen molar-refractivity contribution in [3.8, 4) is 90.2 Å². The van der Waals surface area contributed by atoms with Crippen LogP contribution in [0.5, 0.6) is 0 Å². The van der Waals surface area contributed by atoms with Crippen LogP contribution in [-0.4, -0.2) is 69.8 Å². The highest BCUT2D eigenvalue weighted by Gasteiger charge is 2.04. The van der Waals surface area contributed by atoms with Crippen LogP contribution < -0.4 is 0 Å². The number of hydrogen-bond acceptors (Lipinski definition) is 14. The molecule has 0 unspecified atom stereocenters. The molecule has 0 saturated carbocycles. The molecule has 2 aromatic carbocycles. The van der Waals surface area contributed by atoms with Crippen LogP contribution in [0.2, 0.25) is 0 Å². The van der Waals surface area contributed by atoms with Gasteiger partial charge in [-0.1, -0.05) is 91.0 Å². The largest absolute Gasteiger partial charge is 0.265 e. The van der Waals surface area contributed by atoms with Crippen molar-refractivity contribution >= 4 is 0 Å². The molecule has 0 aliphatic rings. The highest BCUT2D eigenvalue weighted by molar-refractivity contribution is 5.64. The lowest BCUT2D eigenvalue weighted by molar-refractivity contribution is 1.18. The van der Waals surface area contributed by atoms with Crippen LogP contribution in [0.1, 0.15) is 44.9 Å². The average molecular weight is 1360 g/mol. The minimum Gasteiger partial charge on any atom is -0.265 e. The molecule has 0 atom stereocenters. The number of aryl methyl sites for hydroxylation is 8. The monoisotopic (exact) mass is 1360 g/mol. The van der Waals surface area contributed by atoms with E-state index in [1.807, 2.05) is 277 Å². The molecule has 0 aliphatic carbocycles. The van der Waals surface area contributed by atoms with E-state index in [1.54, 1.807) is 55.8 Å². The first-order valence-electron chi connectivity index (χ1n) is 33.9. The molecule has 0 radical (unpaired) electrons. The van der Waals surface area contributed by atoms with Gasteiger partial charge in [0.2, 0.25) is 0 Å². The maximum absolute atomic E-state index is 4.42. The molecule has 512 valence electrons. The predicted octanol–water partition coefficient (Wildman–Crippen LogP) is 20.8. The summed E-state index contributed by atoms with van der Waals surface area (Å²) >= 11 is 0. The fourth-order valence-electron chi connectivity index (χ4n) is 9.91. The van der Waals surface area contributed by atoms with Gasteiger partial charge in [-0.25, -0.2) is 0 Å². The average Bonchev–Trinajstić information content (AvgIpc) is 0.973. The number of rotatable bonds is 8. The lowest BCUT2D eigenvalue weighted by Gasteiger charge is -2.00. The standard InChI is InChI=1S/2C12H11N.6C11H10N2/c1-10-7-12(9-13-8-10)11-5-3-2-4-6-11;1-10-7-8-13-12(9-10)11-5-3-2-4-6-11;1-9-2-7-13-11(8-9)10-3-5-12-6-4-10;1-9-4-2-6-11(13-9)10-5-3-7-12-8-10;1-9-5-4-7-11(13-9)10-6-2-3-8-12-10;1-9-4-6-13-11(7-9)10-3-2-5-12-8-10;1-9-3-2-4-11(13-9)10-5-7-12-8-6-10;1-9-5-7-13-11(8-9)10-4-2-3-6-12-10/h2*2-9H,1H3;6*2-8H,1H3. The summed E-state index contributed by atoms with van der Waals surface area (Å²) in [6.45, 7) is 16.3. The van der Waals surface area contributed by atoms with Crippen LogP contribution in [0.15, 0.2) is 354 Å². The Balaban J connectivity index is 0.000000138. The van der Waals surface area contributed by atoms with E-state index in [2.05, 4.69) is 146 Å². The minimum atomic E-state index is 0.922. The topological polar surface area (TPSA) is 180 Å².